The summed E-state index contributed by atoms with van der Waals surface area (Å²) in [6.45, 7) is 0.542. The van der Waals surface area contributed by atoms with Crippen molar-refractivity contribution in [3.63, 3.8) is 0 Å². The van der Waals surface area contributed by atoms with Gasteiger partial charge in [0.25, 0.3) is 5.56 Å². The number of benzene rings is 1. The first-order valence-corrected chi connectivity index (χ1v) is 9.29. The van der Waals surface area contributed by atoms with E-state index >= 15 is 0 Å². The summed E-state index contributed by atoms with van der Waals surface area (Å²) in [5.41, 5.74) is 1.15. The number of amides is 1. The van der Waals surface area contributed by atoms with Crippen molar-refractivity contribution in [3.8, 4) is 10.6 Å². The molecule has 8 heteroatoms. The number of aryl methyl sites for hydroxylation is 1. The van der Waals surface area contributed by atoms with Gasteiger partial charge in [-0.05, 0) is 23.6 Å². The molecule has 0 saturated heterocycles. The molecule has 0 aliphatic carbocycles. The summed E-state index contributed by atoms with van der Waals surface area (Å²) in [5, 5.41) is 9.26. The fourth-order valence-corrected chi connectivity index (χ4v) is 3.37. The van der Waals surface area contributed by atoms with Gasteiger partial charge in [-0.15, -0.1) is 11.3 Å². The fourth-order valence-electron chi connectivity index (χ4n) is 2.69. The van der Waals surface area contributed by atoms with Crippen LogP contribution in [0.4, 0.5) is 0 Å². The fraction of sp³-hybridized carbons (Fsp3) is 0.158. The molecule has 0 fully saturated rings. The SMILES string of the molecule is O=C(CCn1cnc2ccccc2c1=O)NCc1cc(-c2cccs2)on1. The van der Waals surface area contributed by atoms with Crippen molar-refractivity contribution < 1.29 is 9.32 Å². The van der Waals surface area contributed by atoms with E-state index in [1.807, 2.05) is 29.6 Å². The van der Waals surface area contributed by atoms with Gasteiger partial charge in [0, 0.05) is 19.0 Å². The maximum atomic E-state index is 12.4. The maximum absolute atomic E-state index is 12.4. The highest BCUT2D eigenvalue weighted by Crippen LogP contribution is 2.24. The molecule has 1 amide bonds. The van der Waals surface area contributed by atoms with Gasteiger partial charge in [-0.2, -0.15) is 0 Å². The van der Waals surface area contributed by atoms with Gasteiger partial charge in [0.1, 0.15) is 5.69 Å². The first-order valence-electron chi connectivity index (χ1n) is 8.41. The largest absolute Gasteiger partial charge is 0.355 e. The number of thiophene rings is 1. The number of para-hydroxylation sites is 1. The van der Waals surface area contributed by atoms with Crippen LogP contribution in [-0.2, 0) is 17.9 Å². The molecule has 27 heavy (non-hydrogen) atoms. The minimum absolute atomic E-state index is 0.148. The summed E-state index contributed by atoms with van der Waals surface area (Å²) >= 11 is 1.56. The molecule has 136 valence electrons. The highest BCUT2D eigenvalue weighted by molar-refractivity contribution is 7.13. The lowest BCUT2D eigenvalue weighted by Gasteiger charge is -2.07. The van der Waals surface area contributed by atoms with E-state index in [0.717, 1.165) is 4.88 Å². The predicted octanol–water partition coefficient (Wildman–Crippen LogP) is 2.82. The zero-order chi connectivity index (χ0) is 18.6. The van der Waals surface area contributed by atoms with Crippen molar-refractivity contribution in [2.45, 2.75) is 19.5 Å². The molecule has 0 atom stereocenters. The predicted molar refractivity (Wildman–Crippen MR) is 102 cm³/mol. The molecule has 1 aromatic carbocycles. The van der Waals surface area contributed by atoms with Crippen LogP contribution in [0.25, 0.3) is 21.5 Å². The Labute approximate surface area is 158 Å². The second-order valence-corrected chi connectivity index (χ2v) is 6.89. The monoisotopic (exact) mass is 380 g/mol. The summed E-state index contributed by atoms with van der Waals surface area (Å²) in [7, 11) is 0. The number of hydrogen-bond donors (Lipinski definition) is 1. The minimum Gasteiger partial charge on any atom is -0.355 e. The Bertz CT molecular complexity index is 1130. The van der Waals surface area contributed by atoms with Crippen LogP contribution in [0.3, 0.4) is 0 Å². The average molecular weight is 380 g/mol. The normalized spacial score (nSPS) is 11.0. The molecule has 0 bridgehead atoms. The molecule has 0 unspecified atom stereocenters. The smallest absolute Gasteiger partial charge is 0.261 e. The zero-order valence-corrected chi connectivity index (χ0v) is 15.1. The van der Waals surface area contributed by atoms with Crippen LogP contribution < -0.4 is 10.9 Å². The first kappa shape index (κ1) is 17.2. The maximum Gasteiger partial charge on any atom is 0.261 e. The van der Waals surface area contributed by atoms with Gasteiger partial charge in [-0.3, -0.25) is 14.2 Å². The third-order valence-corrected chi connectivity index (χ3v) is 4.99. The van der Waals surface area contributed by atoms with Crippen LogP contribution in [0.15, 0.2) is 63.5 Å². The number of nitrogens with zero attached hydrogens (tertiary/aromatic N) is 3. The molecule has 4 rings (SSSR count). The van der Waals surface area contributed by atoms with Crippen molar-refractivity contribution in [2.75, 3.05) is 0 Å². The van der Waals surface area contributed by atoms with Crippen molar-refractivity contribution in [1.82, 2.24) is 20.0 Å². The molecule has 0 saturated carbocycles. The van der Waals surface area contributed by atoms with Crippen molar-refractivity contribution in [3.05, 3.63) is 70.2 Å². The standard InChI is InChI=1S/C19H16N4O3S/c24-18(20-11-13-10-16(26-22-13)17-6-3-9-27-17)7-8-23-12-21-15-5-2-1-4-14(15)19(23)25/h1-6,9-10,12H,7-8,11H2,(H,20,24). The summed E-state index contributed by atoms with van der Waals surface area (Å²) in [4.78, 5) is 29.7. The van der Waals surface area contributed by atoms with Crippen LogP contribution >= 0.6 is 11.3 Å². The molecular formula is C19H16N4O3S. The van der Waals surface area contributed by atoms with E-state index in [2.05, 4.69) is 15.5 Å². The molecule has 7 nitrogen and oxygen atoms in total. The van der Waals surface area contributed by atoms with Crippen LogP contribution in [0.2, 0.25) is 0 Å². The van der Waals surface area contributed by atoms with Crippen LogP contribution in [0.1, 0.15) is 12.1 Å². The molecule has 1 N–H and O–H groups in total. The minimum atomic E-state index is -0.171. The van der Waals surface area contributed by atoms with Gasteiger partial charge in [0.05, 0.1) is 28.7 Å². The molecule has 0 spiro atoms. The van der Waals surface area contributed by atoms with E-state index in [1.165, 1.54) is 10.9 Å². The number of carbonyl (C=O) groups excluding carboxylic acids is 1. The van der Waals surface area contributed by atoms with Gasteiger partial charge in [-0.25, -0.2) is 4.98 Å². The summed E-state index contributed by atoms with van der Waals surface area (Å²) in [6, 6.07) is 12.8. The number of nitrogens with one attached hydrogen (secondary N) is 1. The lowest BCUT2D eigenvalue weighted by Crippen LogP contribution is -2.27. The highest BCUT2D eigenvalue weighted by Gasteiger charge is 2.10. The Hall–Kier alpha value is -3.26. The summed E-state index contributed by atoms with van der Waals surface area (Å²) < 4.78 is 6.73. The Morgan fingerprint density at radius 2 is 2.11 bits per heavy atom. The van der Waals surface area contributed by atoms with E-state index < -0.39 is 0 Å². The number of carbonyl (C=O) groups is 1. The van der Waals surface area contributed by atoms with E-state index in [4.69, 9.17) is 4.52 Å². The van der Waals surface area contributed by atoms with E-state index in [-0.39, 0.29) is 31.0 Å². The lowest BCUT2D eigenvalue weighted by atomic mass is 10.2. The number of rotatable bonds is 6. The number of hydrogen-bond acceptors (Lipinski definition) is 6. The van der Waals surface area contributed by atoms with Crippen molar-refractivity contribution in [1.29, 1.82) is 0 Å². The third-order valence-electron chi connectivity index (χ3n) is 4.10. The average Bonchev–Trinajstić information content (AvgIpc) is 3.37. The Balaban J connectivity index is 1.34. The second-order valence-electron chi connectivity index (χ2n) is 5.95. The molecule has 0 aliphatic rings. The Kier molecular flexibility index (Phi) is 4.80. The Morgan fingerprint density at radius 1 is 1.22 bits per heavy atom. The molecular weight excluding hydrogens is 364 g/mol. The highest BCUT2D eigenvalue weighted by atomic mass is 32.1. The summed E-state index contributed by atoms with van der Waals surface area (Å²) in [6.07, 6.45) is 1.65. The van der Waals surface area contributed by atoms with Gasteiger partial charge >= 0.3 is 0 Å². The van der Waals surface area contributed by atoms with Gasteiger partial charge in [0.2, 0.25) is 5.91 Å². The topological polar surface area (TPSA) is 90.0 Å². The van der Waals surface area contributed by atoms with E-state index in [1.54, 1.807) is 29.5 Å². The number of aromatic nitrogens is 3. The van der Waals surface area contributed by atoms with Crippen molar-refractivity contribution in [2.24, 2.45) is 0 Å². The third kappa shape index (κ3) is 3.80. The zero-order valence-electron chi connectivity index (χ0n) is 14.3. The van der Waals surface area contributed by atoms with Gasteiger partial charge < -0.3 is 9.84 Å². The molecule has 4 aromatic rings. The number of fused-ring (bicyclic) bond motifs is 1. The molecule has 3 aromatic heterocycles. The van der Waals surface area contributed by atoms with Crippen LogP contribution in [0, 0.1) is 0 Å². The Morgan fingerprint density at radius 3 is 2.96 bits per heavy atom. The van der Waals surface area contributed by atoms with Gasteiger partial charge in [-0.1, -0.05) is 23.4 Å². The molecule has 0 aliphatic heterocycles. The van der Waals surface area contributed by atoms with Crippen LogP contribution in [0.5, 0.6) is 0 Å². The van der Waals surface area contributed by atoms with Gasteiger partial charge in [0.15, 0.2) is 5.76 Å². The second kappa shape index (κ2) is 7.55. The van der Waals surface area contributed by atoms with Crippen molar-refractivity contribution >= 4 is 28.1 Å². The quantitative estimate of drug-likeness (QED) is 0.555. The first-order chi connectivity index (χ1) is 13.2. The molecule has 0 radical (unpaired) electrons. The summed E-state index contributed by atoms with van der Waals surface area (Å²) in [5.74, 6) is 0.513. The van der Waals surface area contributed by atoms with E-state index in [0.29, 0.717) is 22.4 Å². The van der Waals surface area contributed by atoms with Crippen LogP contribution in [-0.4, -0.2) is 20.6 Å². The molecule has 3 heterocycles. The van der Waals surface area contributed by atoms with E-state index in [9.17, 15) is 9.59 Å². The lowest BCUT2D eigenvalue weighted by molar-refractivity contribution is -0.121.